The van der Waals surface area contributed by atoms with Crippen molar-refractivity contribution in [3.63, 3.8) is 0 Å². The predicted octanol–water partition coefficient (Wildman–Crippen LogP) is 2.42. The van der Waals surface area contributed by atoms with Gasteiger partial charge in [-0.15, -0.1) is 0 Å². The third kappa shape index (κ3) is 2.43. The SMILES string of the molecule is CCNC1(C(=O)O)CCC(n2nc(C)c(Br)c2C)C1. The van der Waals surface area contributed by atoms with Crippen LogP contribution in [-0.4, -0.2) is 32.9 Å². The average Bonchev–Trinajstić information content (AvgIpc) is 2.88. The second kappa shape index (κ2) is 5.25. The van der Waals surface area contributed by atoms with E-state index in [1.54, 1.807) is 0 Å². The molecular weight excluding hydrogens is 310 g/mol. The van der Waals surface area contributed by atoms with Gasteiger partial charge in [0.2, 0.25) is 0 Å². The first-order chi connectivity index (χ1) is 8.91. The molecule has 2 unspecified atom stereocenters. The number of aromatic nitrogens is 2. The lowest BCUT2D eigenvalue weighted by atomic mass is 9.97. The summed E-state index contributed by atoms with van der Waals surface area (Å²) in [6.45, 7) is 6.58. The van der Waals surface area contributed by atoms with Gasteiger partial charge in [-0.25, -0.2) is 0 Å². The van der Waals surface area contributed by atoms with Gasteiger partial charge in [0.1, 0.15) is 5.54 Å². The number of carboxylic acids is 1. The molecule has 19 heavy (non-hydrogen) atoms. The van der Waals surface area contributed by atoms with Crippen molar-refractivity contribution in [2.75, 3.05) is 6.54 Å². The van der Waals surface area contributed by atoms with Crippen LogP contribution in [0.25, 0.3) is 0 Å². The molecule has 0 radical (unpaired) electrons. The zero-order valence-corrected chi connectivity index (χ0v) is 13.1. The Morgan fingerprint density at radius 1 is 1.63 bits per heavy atom. The lowest BCUT2D eigenvalue weighted by molar-refractivity contribution is -0.144. The quantitative estimate of drug-likeness (QED) is 0.890. The van der Waals surface area contributed by atoms with E-state index in [0.717, 1.165) is 22.3 Å². The maximum Gasteiger partial charge on any atom is 0.323 e. The van der Waals surface area contributed by atoms with Crippen LogP contribution in [0.4, 0.5) is 0 Å². The number of aryl methyl sites for hydroxylation is 1. The van der Waals surface area contributed by atoms with Gasteiger partial charge in [0.05, 0.1) is 21.9 Å². The van der Waals surface area contributed by atoms with Crippen LogP contribution in [0.15, 0.2) is 4.47 Å². The highest BCUT2D eigenvalue weighted by atomic mass is 79.9. The van der Waals surface area contributed by atoms with Gasteiger partial charge in [0.15, 0.2) is 0 Å². The van der Waals surface area contributed by atoms with Crippen LogP contribution in [0.3, 0.4) is 0 Å². The normalized spacial score (nSPS) is 26.8. The number of hydrogen-bond donors (Lipinski definition) is 2. The van der Waals surface area contributed by atoms with E-state index >= 15 is 0 Å². The standard InChI is InChI=1S/C13H20BrN3O2/c1-4-15-13(12(18)19)6-5-10(7-13)17-9(3)11(14)8(2)16-17/h10,15H,4-7H2,1-3H3,(H,18,19). The number of carboxylic acid groups (broad SMARTS) is 1. The number of hydrogen-bond acceptors (Lipinski definition) is 3. The third-order valence-electron chi connectivity index (χ3n) is 4.00. The van der Waals surface area contributed by atoms with E-state index in [2.05, 4.69) is 26.3 Å². The second-order valence-electron chi connectivity index (χ2n) is 5.24. The fourth-order valence-corrected chi connectivity index (χ4v) is 3.26. The molecule has 1 aromatic heterocycles. The van der Waals surface area contributed by atoms with E-state index in [1.165, 1.54) is 0 Å². The third-order valence-corrected chi connectivity index (χ3v) is 5.14. The van der Waals surface area contributed by atoms with Gasteiger partial charge in [0.25, 0.3) is 0 Å². The summed E-state index contributed by atoms with van der Waals surface area (Å²) >= 11 is 3.52. The van der Waals surface area contributed by atoms with Gasteiger partial charge in [-0.3, -0.25) is 9.48 Å². The molecular formula is C13H20BrN3O2. The molecule has 106 valence electrons. The van der Waals surface area contributed by atoms with E-state index in [1.807, 2.05) is 25.5 Å². The van der Waals surface area contributed by atoms with Crippen LogP contribution in [0.5, 0.6) is 0 Å². The Morgan fingerprint density at radius 3 is 2.79 bits per heavy atom. The molecule has 6 heteroatoms. The van der Waals surface area contributed by atoms with Crippen LogP contribution >= 0.6 is 15.9 Å². The molecule has 1 fully saturated rings. The molecule has 0 bridgehead atoms. The number of rotatable bonds is 4. The fraction of sp³-hybridized carbons (Fsp3) is 0.692. The molecule has 2 N–H and O–H groups in total. The number of nitrogens with one attached hydrogen (secondary N) is 1. The molecule has 0 aromatic carbocycles. The first-order valence-corrected chi connectivity index (χ1v) is 7.40. The monoisotopic (exact) mass is 329 g/mol. The van der Waals surface area contributed by atoms with Crippen LogP contribution < -0.4 is 5.32 Å². The summed E-state index contributed by atoms with van der Waals surface area (Å²) in [5, 5.41) is 17.2. The zero-order valence-electron chi connectivity index (χ0n) is 11.5. The first kappa shape index (κ1) is 14.5. The molecule has 1 heterocycles. The Hall–Kier alpha value is -0.880. The largest absolute Gasteiger partial charge is 0.480 e. The van der Waals surface area contributed by atoms with E-state index in [4.69, 9.17) is 0 Å². The molecule has 0 amide bonds. The van der Waals surface area contributed by atoms with Crippen molar-refractivity contribution >= 4 is 21.9 Å². The highest BCUT2D eigenvalue weighted by Gasteiger charge is 2.46. The lowest BCUT2D eigenvalue weighted by Crippen LogP contribution is -2.50. The molecule has 0 spiro atoms. The number of likely N-dealkylation sites (N-methyl/N-ethyl adjacent to an activating group) is 1. The Morgan fingerprint density at radius 2 is 2.32 bits per heavy atom. The van der Waals surface area contributed by atoms with Crippen LogP contribution in [0.1, 0.15) is 43.6 Å². The zero-order chi connectivity index (χ0) is 14.2. The highest BCUT2D eigenvalue weighted by Crippen LogP contribution is 2.39. The molecule has 1 saturated carbocycles. The van der Waals surface area contributed by atoms with Crippen molar-refractivity contribution in [3.05, 3.63) is 15.9 Å². The minimum atomic E-state index is -0.793. The Bertz CT molecular complexity index is 500. The summed E-state index contributed by atoms with van der Waals surface area (Å²) in [5.74, 6) is -0.752. The van der Waals surface area contributed by atoms with E-state index in [-0.39, 0.29) is 6.04 Å². The van der Waals surface area contributed by atoms with Crippen LogP contribution in [-0.2, 0) is 4.79 Å². The molecule has 2 atom stereocenters. The summed E-state index contributed by atoms with van der Waals surface area (Å²) in [4.78, 5) is 11.5. The van der Waals surface area contributed by atoms with E-state index < -0.39 is 11.5 Å². The van der Waals surface area contributed by atoms with Crippen molar-refractivity contribution in [1.82, 2.24) is 15.1 Å². The number of nitrogens with zero attached hydrogens (tertiary/aromatic N) is 2. The maximum absolute atomic E-state index is 11.5. The number of aliphatic carboxylic acids is 1. The van der Waals surface area contributed by atoms with Crippen LogP contribution in [0, 0.1) is 13.8 Å². The molecule has 1 aliphatic rings. The topological polar surface area (TPSA) is 67.2 Å². The highest BCUT2D eigenvalue weighted by molar-refractivity contribution is 9.10. The van der Waals surface area contributed by atoms with Gasteiger partial charge in [-0.2, -0.15) is 5.10 Å². The van der Waals surface area contributed by atoms with Crippen molar-refractivity contribution in [3.8, 4) is 0 Å². The van der Waals surface area contributed by atoms with E-state index in [0.29, 0.717) is 19.4 Å². The molecule has 5 nitrogen and oxygen atoms in total. The molecule has 1 aromatic rings. The smallest absolute Gasteiger partial charge is 0.323 e. The summed E-state index contributed by atoms with van der Waals surface area (Å²) in [6, 6.07) is 0.153. The predicted molar refractivity (Wildman–Crippen MR) is 76.3 cm³/mol. The van der Waals surface area contributed by atoms with Gasteiger partial charge < -0.3 is 10.4 Å². The Balaban J connectivity index is 2.26. The van der Waals surface area contributed by atoms with Gasteiger partial charge >= 0.3 is 5.97 Å². The molecule has 2 rings (SSSR count). The van der Waals surface area contributed by atoms with Gasteiger partial charge in [0, 0.05) is 0 Å². The van der Waals surface area contributed by atoms with Crippen molar-refractivity contribution < 1.29 is 9.90 Å². The maximum atomic E-state index is 11.5. The Kier molecular flexibility index (Phi) is 4.01. The van der Waals surface area contributed by atoms with Gasteiger partial charge in [-0.05, 0) is 55.6 Å². The number of halogens is 1. The van der Waals surface area contributed by atoms with Crippen molar-refractivity contribution in [1.29, 1.82) is 0 Å². The average molecular weight is 330 g/mol. The van der Waals surface area contributed by atoms with Crippen molar-refractivity contribution in [2.24, 2.45) is 0 Å². The summed E-state index contributed by atoms with van der Waals surface area (Å²) in [5.41, 5.74) is 1.23. The van der Waals surface area contributed by atoms with Gasteiger partial charge in [-0.1, -0.05) is 6.92 Å². The number of carbonyl (C=O) groups is 1. The minimum absolute atomic E-state index is 0.153. The van der Waals surface area contributed by atoms with E-state index in [9.17, 15) is 9.90 Å². The fourth-order valence-electron chi connectivity index (χ4n) is 3.00. The summed E-state index contributed by atoms with van der Waals surface area (Å²) < 4.78 is 2.99. The molecule has 0 saturated heterocycles. The molecule has 0 aliphatic heterocycles. The van der Waals surface area contributed by atoms with Crippen LogP contribution in [0.2, 0.25) is 0 Å². The summed E-state index contributed by atoms with van der Waals surface area (Å²) in [7, 11) is 0. The second-order valence-corrected chi connectivity index (χ2v) is 6.04. The first-order valence-electron chi connectivity index (χ1n) is 6.61. The minimum Gasteiger partial charge on any atom is -0.480 e. The Labute approximate surface area is 121 Å². The summed E-state index contributed by atoms with van der Waals surface area (Å²) in [6.07, 6.45) is 2.08. The lowest BCUT2D eigenvalue weighted by Gasteiger charge is -2.25. The van der Waals surface area contributed by atoms with Crippen molar-refractivity contribution in [2.45, 2.75) is 51.6 Å². The molecule has 1 aliphatic carbocycles.